The van der Waals surface area contributed by atoms with Gasteiger partial charge in [-0.05, 0) is 0 Å². The molecule has 14 heavy (non-hydrogen) atoms. The zero-order valence-corrected chi connectivity index (χ0v) is 8.78. The minimum atomic E-state index is -0.698. The lowest BCUT2D eigenvalue weighted by molar-refractivity contribution is 0.271. The van der Waals surface area contributed by atoms with E-state index in [2.05, 4.69) is 15.9 Å². The molecule has 1 nitrogen and oxygen atoms in total. The SMILES string of the molecule is FCCOc1cc(F)c(CBr)c(F)c1. The molecule has 1 aromatic carbocycles. The van der Waals surface area contributed by atoms with E-state index in [0.29, 0.717) is 0 Å². The second-order valence-electron chi connectivity index (χ2n) is 2.54. The molecule has 0 bridgehead atoms. The first kappa shape index (κ1) is 11.4. The van der Waals surface area contributed by atoms with Crippen molar-refractivity contribution in [2.24, 2.45) is 0 Å². The van der Waals surface area contributed by atoms with Crippen LogP contribution in [0.4, 0.5) is 13.2 Å². The van der Waals surface area contributed by atoms with Gasteiger partial charge in [-0.2, -0.15) is 0 Å². The van der Waals surface area contributed by atoms with Gasteiger partial charge in [-0.3, -0.25) is 0 Å². The van der Waals surface area contributed by atoms with Gasteiger partial charge in [0.1, 0.15) is 30.7 Å². The Hall–Kier alpha value is -0.710. The number of ether oxygens (including phenoxy) is 1. The summed E-state index contributed by atoms with van der Waals surface area (Å²) in [5, 5.41) is 0.0913. The number of rotatable bonds is 4. The third kappa shape index (κ3) is 2.64. The molecule has 1 aromatic rings. The zero-order valence-electron chi connectivity index (χ0n) is 7.20. The summed E-state index contributed by atoms with van der Waals surface area (Å²) in [6, 6.07) is 2.07. The van der Waals surface area contributed by atoms with Crippen molar-refractivity contribution in [3.05, 3.63) is 29.3 Å². The van der Waals surface area contributed by atoms with Crippen molar-refractivity contribution in [3.63, 3.8) is 0 Å². The second-order valence-corrected chi connectivity index (χ2v) is 3.10. The smallest absolute Gasteiger partial charge is 0.133 e. The van der Waals surface area contributed by atoms with Gasteiger partial charge in [0.25, 0.3) is 0 Å². The first-order valence-electron chi connectivity index (χ1n) is 3.91. The molecular weight excluding hydrogens is 261 g/mol. The molecule has 0 N–H and O–H groups in total. The lowest BCUT2D eigenvalue weighted by Crippen LogP contribution is -2.01. The Kier molecular flexibility index (Phi) is 4.25. The van der Waals surface area contributed by atoms with Crippen LogP contribution in [-0.2, 0) is 5.33 Å². The van der Waals surface area contributed by atoms with Gasteiger partial charge in [0.15, 0.2) is 0 Å². The Bertz CT molecular complexity index is 294. The monoisotopic (exact) mass is 268 g/mol. The summed E-state index contributed by atoms with van der Waals surface area (Å²) >= 11 is 2.96. The van der Waals surface area contributed by atoms with Crippen molar-refractivity contribution < 1.29 is 17.9 Å². The van der Waals surface area contributed by atoms with E-state index in [4.69, 9.17) is 4.74 Å². The maximum Gasteiger partial charge on any atom is 0.133 e. The quantitative estimate of drug-likeness (QED) is 0.762. The molecule has 0 heterocycles. The molecule has 0 aliphatic heterocycles. The molecule has 0 aliphatic carbocycles. The summed E-state index contributed by atoms with van der Waals surface area (Å²) in [6.07, 6.45) is 0. The first-order valence-corrected chi connectivity index (χ1v) is 5.04. The van der Waals surface area contributed by atoms with Crippen molar-refractivity contribution in [2.75, 3.05) is 13.3 Å². The highest BCUT2D eigenvalue weighted by Crippen LogP contribution is 2.22. The topological polar surface area (TPSA) is 9.23 Å². The maximum atomic E-state index is 13.1. The molecule has 0 spiro atoms. The standard InChI is InChI=1S/C9H8BrF3O/c10-5-7-8(12)3-6(4-9(7)13)14-2-1-11/h3-4H,1-2,5H2. The zero-order chi connectivity index (χ0) is 10.6. The Balaban J connectivity index is 2.90. The largest absolute Gasteiger partial charge is 0.491 e. The lowest BCUT2D eigenvalue weighted by atomic mass is 10.2. The fraction of sp³-hybridized carbons (Fsp3) is 0.333. The van der Waals surface area contributed by atoms with Gasteiger partial charge in [-0.25, -0.2) is 13.2 Å². The molecule has 0 aromatic heterocycles. The predicted molar refractivity (Wildman–Crippen MR) is 50.5 cm³/mol. The van der Waals surface area contributed by atoms with E-state index in [0.717, 1.165) is 12.1 Å². The van der Waals surface area contributed by atoms with Gasteiger partial charge in [0.05, 0.1) is 0 Å². The summed E-state index contributed by atoms with van der Waals surface area (Å²) in [5.41, 5.74) is -0.0578. The highest BCUT2D eigenvalue weighted by Gasteiger charge is 2.10. The van der Waals surface area contributed by atoms with E-state index in [1.165, 1.54) is 0 Å². The number of benzene rings is 1. The van der Waals surface area contributed by atoms with Crippen LogP contribution in [0.2, 0.25) is 0 Å². The van der Waals surface area contributed by atoms with E-state index in [-0.39, 0.29) is 23.2 Å². The van der Waals surface area contributed by atoms with Crippen LogP contribution in [0.5, 0.6) is 5.75 Å². The highest BCUT2D eigenvalue weighted by atomic mass is 79.9. The van der Waals surface area contributed by atoms with Gasteiger partial charge in [-0.15, -0.1) is 0 Å². The van der Waals surface area contributed by atoms with Crippen molar-refractivity contribution in [3.8, 4) is 5.75 Å². The molecule has 0 fully saturated rings. The summed E-state index contributed by atoms with van der Waals surface area (Å²) < 4.78 is 42.6. The van der Waals surface area contributed by atoms with Crippen LogP contribution in [0, 0.1) is 11.6 Å². The molecule has 0 aliphatic rings. The summed E-state index contributed by atoms with van der Waals surface area (Å²) in [5.74, 6) is -1.39. The van der Waals surface area contributed by atoms with E-state index in [9.17, 15) is 13.2 Å². The minimum absolute atomic E-state index is 0.00218. The predicted octanol–water partition coefficient (Wildman–Crippen LogP) is 3.21. The molecule has 0 amide bonds. The average Bonchev–Trinajstić information content (AvgIpc) is 2.14. The first-order chi connectivity index (χ1) is 6.69. The van der Waals surface area contributed by atoms with Crippen LogP contribution in [0.15, 0.2) is 12.1 Å². The van der Waals surface area contributed by atoms with Gasteiger partial charge in [0.2, 0.25) is 0 Å². The Morgan fingerprint density at radius 2 is 1.79 bits per heavy atom. The molecule has 0 radical (unpaired) electrons. The molecule has 0 unspecified atom stereocenters. The lowest BCUT2D eigenvalue weighted by Gasteiger charge is -2.06. The van der Waals surface area contributed by atoms with Crippen LogP contribution in [-0.4, -0.2) is 13.3 Å². The number of hydrogen-bond donors (Lipinski definition) is 0. The number of halogens is 4. The van der Waals surface area contributed by atoms with Crippen LogP contribution < -0.4 is 4.74 Å². The second kappa shape index (κ2) is 5.24. The fourth-order valence-corrected chi connectivity index (χ4v) is 1.48. The number of hydrogen-bond acceptors (Lipinski definition) is 1. The van der Waals surface area contributed by atoms with E-state index in [1.807, 2.05) is 0 Å². The van der Waals surface area contributed by atoms with Gasteiger partial charge < -0.3 is 4.74 Å². The van der Waals surface area contributed by atoms with Crippen LogP contribution in [0.25, 0.3) is 0 Å². The summed E-state index contributed by atoms with van der Waals surface area (Å²) in [4.78, 5) is 0. The summed E-state index contributed by atoms with van der Waals surface area (Å²) in [7, 11) is 0. The van der Waals surface area contributed by atoms with Gasteiger partial charge in [-0.1, -0.05) is 15.9 Å². The molecule has 1 rings (SSSR count). The maximum absolute atomic E-state index is 13.1. The molecule has 78 valence electrons. The van der Waals surface area contributed by atoms with E-state index >= 15 is 0 Å². The van der Waals surface area contributed by atoms with Gasteiger partial charge in [0, 0.05) is 23.0 Å². The third-order valence-corrected chi connectivity index (χ3v) is 2.15. The molecule has 0 saturated carbocycles. The van der Waals surface area contributed by atoms with Crippen molar-refractivity contribution >= 4 is 15.9 Å². The molecule has 0 atom stereocenters. The Labute approximate surface area is 88.0 Å². The third-order valence-electron chi connectivity index (χ3n) is 1.59. The molecule has 0 saturated heterocycles. The molecule has 5 heteroatoms. The van der Waals surface area contributed by atoms with E-state index in [1.54, 1.807) is 0 Å². The Morgan fingerprint density at radius 1 is 1.21 bits per heavy atom. The van der Waals surface area contributed by atoms with Crippen molar-refractivity contribution in [1.82, 2.24) is 0 Å². The number of alkyl halides is 2. The highest BCUT2D eigenvalue weighted by molar-refractivity contribution is 9.08. The van der Waals surface area contributed by atoms with Crippen LogP contribution in [0.3, 0.4) is 0 Å². The summed E-state index contributed by atoms with van der Waals surface area (Å²) in [6.45, 7) is -0.893. The average molecular weight is 269 g/mol. The minimum Gasteiger partial charge on any atom is -0.491 e. The van der Waals surface area contributed by atoms with Crippen molar-refractivity contribution in [1.29, 1.82) is 0 Å². The van der Waals surface area contributed by atoms with Crippen LogP contribution in [0.1, 0.15) is 5.56 Å². The molecular formula is C9H8BrF3O. The van der Waals surface area contributed by atoms with Crippen LogP contribution >= 0.6 is 15.9 Å². The Morgan fingerprint density at radius 3 is 2.21 bits per heavy atom. The fourth-order valence-electron chi connectivity index (χ4n) is 0.947. The normalized spacial score (nSPS) is 10.3. The van der Waals surface area contributed by atoms with Gasteiger partial charge >= 0.3 is 0 Å². The van der Waals surface area contributed by atoms with E-state index < -0.39 is 18.3 Å². The van der Waals surface area contributed by atoms with Crippen molar-refractivity contribution in [2.45, 2.75) is 5.33 Å².